The number of benzene rings is 1. The molecule has 0 saturated heterocycles. The average Bonchev–Trinajstić information content (AvgIpc) is 2.08. The van der Waals surface area contributed by atoms with Gasteiger partial charge in [-0.2, -0.15) is 0 Å². The van der Waals surface area contributed by atoms with E-state index in [0.29, 0.717) is 5.56 Å². The van der Waals surface area contributed by atoms with Gasteiger partial charge in [0, 0.05) is 5.56 Å². The van der Waals surface area contributed by atoms with Gasteiger partial charge in [-0.25, -0.2) is 0 Å². The van der Waals surface area contributed by atoms with Crippen molar-refractivity contribution in [2.75, 3.05) is 5.73 Å². The van der Waals surface area contributed by atoms with Crippen LogP contribution in [0.2, 0.25) is 0 Å². The molecule has 70 valence electrons. The number of hydrogen-bond donors (Lipinski definition) is 2. The van der Waals surface area contributed by atoms with E-state index in [-0.39, 0.29) is 17.2 Å². The average molecular weight is 200 g/mol. The highest BCUT2D eigenvalue weighted by Gasteiger charge is 2.13. The zero-order valence-electron chi connectivity index (χ0n) is 7.12. The molecule has 0 aromatic heterocycles. The number of nitrogens with two attached hydrogens (primary N) is 1. The fourth-order valence-corrected chi connectivity index (χ4v) is 1.05. The van der Waals surface area contributed by atoms with Gasteiger partial charge in [-0.15, -0.1) is 11.6 Å². The molecule has 1 aromatic carbocycles. The molecule has 1 rings (SSSR count). The van der Waals surface area contributed by atoms with Crippen LogP contribution in [0.5, 0.6) is 5.75 Å². The van der Waals surface area contributed by atoms with Crippen molar-refractivity contribution < 1.29 is 9.90 Å². The molecule has 0 amide bonds. The summed E-state index contributed by atoms with van der Waals surface area (Å²) in [6, 6.07) is 4.33. The van der Waals surface area contributed by atoms with Gasteiger partial charge >= 0.3 is 0 Å². The number of ketones is 1. The van der Waals surface area contributed by atoms with Gasteiger partial charge in [0.1, 0.15) is 5.75 Å². The van der Waals surface area contributed by atoms with Crippen molar-refractivity contribution in [3.8, 4) is 5.75 Å². The molecular formula is C9H10ClNO2. The Morgan fingerprint density at radius 3 is 2.69 bits per heavy atom. The van der Waals surface area contributed by atoms with Gasteiger partial charge in [0.05, 0.1) is 11.1 Å². The summed E-state index contributed by atoms with van der Waals surface area (Å²) in [5.41, 5.74) is 5.99. The largest absolute Gasteiger partial charge is 0.506 e. The minimum Gasteiger partial charge on any atom is -0.506 e. The molecule has 1 atom stereocenters. The number of nitrogen functional groups attached to an aromatic ring is 1. The molecule has 0 saturated carbocycles. The maximum absolute atomic E-state index is 11.3. The summed E-state index contributed by atoms with van der Waals surface area (Å²) < 4.78 is 0. The molecule has 0 aliphatic carbocycles. The lowest BCUT2D eigenvalue weighted by Crippen LogP contribution is -2.10. The summed E-state index contributed by atoms with van der Waals surface area (Å²) in [4.78, 5) is 11.3. The third kappa shape index (κ3) is 2.12. The highest BCUT2D eigenvalue weighted by Crippen LogP contribution is 2.21. The van der Waals surface area contributed by atoms with Crippen LogP contribution in [0.15, 0.2) is 18.2 Å². The topological polar surface area (TPSA) is 63.3 Å². The van der Waals surface area contributed by atoms with Crippen LogP contribution in [0, 0.1) is 0 Å². The van der Waals surface area contributed by atoms with Crippen molar-refractivity contribution in [3.05, 3.63) is 23.8 Å². The number of alkyl halides is 1. The van der Waals surface area contributed by atoms with Crippen molar-refractivity contribution in [1.82, 2.24) is 0 Å². The van der Waals surface area contributed by atoms with Gasteiger partial charge in [-0.3, -0.25) is 4.79 Å². The first-order chi connectivity index (χ1) is 6.02. The smallest absolute Gasteiger partial charge is 0.180 e. The minimum atomic E-state index is -0.594. The number of hydrogen-bond acceptors (Lipinski definition) is 3. The van der Waals surface area contributed by atoms with Crippen LogP contribution in [0.1, 0.15) is 17.3 Å². The summed E-state index contributed by atoms with van der Waals surface area (Å²) >= 11 is 5.59. The molecule has 3 N–H and O–H groups in total. The standard InChI is InChI=1S/C9H10ClNO2/c1-5(10)9(13)6-2-3-7(11)8(12)4-6/h2-5,12H,11H2,1H3. The summed E-state index contributed by atoms with van der Waals surface area (Å²) in [7, 11) is 0. The Bertz CT molecular complexity index is 336. The second kappa shape index (κ2) is 3.66. The molecule has 1 aromatic rings. The number of aromatic hydroxyl groups is 1. The molecule has 3 nitrogen and oxygen atoms in total. The summed E-state index contributed by atoms with van der Waals surface area (Å²) in [5, 5.41) is 8.62. The second-order valence-corrected chi connectivity index (χ2v) is 3.41. The molecule has 13 heavy (non-hydrogen) atoms. The van der Waals surface area contributed by atoms with Crippen molar-refractivity contribution in [3.63, 3.8) is 0 Å². The van der Waals surface area contributed by atoms with Gasteiger partial charge in [0.25, 0.3) is 0 Å². The Labute approximate surface area is 81.1 Å². The summed E-state index contributed by atoms with van der Waals surface area (Å²) in [6.45, 7) is 1.58. The van der Waals surface area contributed by atoms with Crippen LogP contribution in [-0.4, -0.2) is 16.3 Å². The number of halogens is 1. The molecule has 0 radical (unpaired) electrons. The Morgan fingerprint density at radius 1 is 1.62 bits per heavy atom. The number of anilines is 1. The Morgan fingerprint density at radius 2 is 2.23 bits per heavy atom. The molecule has 0 aliphatic rings. The first kappa shape index (κ1) is 9.86. The van der Waals surface area contributed by atoms with E-state index in [2.05, 4.69) is 0 Å². The second-order valence-electron chi connectivity index (χ2n) is 2.75. The molecule has 4 heteroatoms. The van der Waals surface area contributed by atoms with Gasteiger partial charge in [0.15, 0.2) is 5.78 Å². The number of Topliss-reactive ketones (excluding diaryl/α,β-unsaturated/α-hetero) is 1. The van der Waals surface area contributed by atoms with Crippen molar-refractivity contribution in [2.24, 2.45) is 0 Å². The zero-order chi connectivity index (χ0) is 10.0. The van der Waals surface area contributed by atoms with Crippen LogP contribution >= 0.6 is 11.6 Å². The van der Waals surface area contributed by atoms with Gasteiger partial charge in [0.2, 0.25) is 0 Å². The van der Waals surface area contributed by atoms with E-state index in [1.54, 1.807) is 6.92 Å². The van der Waals surface area contributed by atoms with E-state index in [4.69, 9.17) is 17.3 Å². The summed E-state index contributed by atoms with van der Waals surface area (Å²) in [5.74, 6) is -0.319. The fraction of sp³-hybridized carbons (Fsp3) is 0.222. The Hall–Kier alpha value is -1.22. The van der Waals surface area contributed by atoms with E-state index >= 15 is 0 Å². The zero-order valence-corrected chi connectivity index (χ0v) is 7.88. The predicted octanol–water partition coefficient (Wildman–Crippen LogP) is 1.78. The molecule has 0 fully saturated rings. The maximum atomic E-state index is 11.3. The fourth-order valence-electron chi connectivity index (χ4n) is 0.927. The van der Waals surface area contributed by atoms with Crippen LogP contribution in [-0.2, 0) is 0 Å². The number of phenols is 1. The lowest BCUT2D eigenvalue weighted by Gasteiger charge is -2.04. The van der Waals surface area contributed by atoms with Crippen LogP contribution in [0.3, 0.4) is 0 Å². The Kier molecular flexibility index (Phi) is 2.78. The Balaban J connectivity index is 3.04. The quantitative estimate of drug-likeness (QED) is 0.330. The third-order valence-corrected chi connectivity index (χ3v) is 1.87. The van der Waals surface area contributed by atoms with E-state index in [1.165, 1.54) is 18.2 Å². The van der Waals surface area contributed by atoms with Crippen molar-refractivity contribution in [1.29, 1.82) is 0 Å². The third-order valence-electron chi connectivity index (χ3n) is 1.68. The van der Waals surface area contributed by atoms with Crippen molar-refractivity contribution in [2.45, 2.75) is 12.3 Å². The van der Waals surface area contributed by atoms with Gasteiger partial charge in [-0.05, 0) is 25.1 Å². The predicted molar refractivity (Wildman–Crippen MR) is 52.2 cm³/mol. The first-order valence-electron chi connectivity index (χ1n) is 3.79. The SMILES string of the molecule is CC(Cl)C(=O)c1ccc(N)c(O)c1. The number of phenolic OH excluding ortho intramolecular Hbond substituents is 1. The molecule has 0 aliphatic heterocycles. The lowest BCUT2D eigenvalue weighted by atomic mass is 10.1. The minimum absolute atomic E-state index is 0.0943. The maximum Gasteiger partial charge on any atom is 0.180 e. The summed E-state index contributed by atoms with van der Waals surface area (Å²) in [6.07, 6.45) is 0. The highest BCUT2D eigenvalue weighted by atomic mass is 35.5. The van der Waals surface area contributed by atoms with Crippen LogP contribution in [0.25, 0.3) is 0 Å². The molecule has 0 spiro atoms. The van der Waals surface area contributed by atoms with Gasteiger partial charge < -0.3 is 10.8 Å². The van der Waals surface area contributed by atoms with Gasteiger partial charge in [-0.1, -0.05) is 0 Å². The number of rotatable bonds is 2. The van der Waals surface area contributed by atoms with E-state index in [9.17, 15) is 9.90 Å². The van der Waals surface area contributed by atoms with E-state index in [0.717, 1.165) is 0 Å². The molecular weight excluding hydrogens is 190 g/mol. The highest BCUT2D eigenvalue weighted by molar-refractivity contribution is 6.33. The lowest BCUT2D eigenvalue weighted by molar-refractivity contribution is 0.0991. The van der Waals surface area contributed by atoms with Crippen LogP contribution in [0.4, 0.5) is 5.69 Å². The monoisotopic (exact) mass is 199 g/mol. The van der Waals surface area contributed by atoms with E-state index < -0.39 is 5.38 Å². The molecule has 1 unspecified atom stereocenters. The van der Waals surface area contributed by atoms with E-state index in [1.807, 2.05) is 0 Å². The van der Waals surface area contributed by atoms with Crippen LogP contribution < -0.4 is 5.73 Å². The molecule has 0 bridgehead atoms. The number of carbonyl (C=O) groups is 1. The molecule has 0 heterocycles. The first-order valence-corrected chi connectivity index (χ1v) is 4.23. The normalized spacial score (nSPS) is 12.5. The number of carbonyl (C=O) groups excluding carboxylic acids is 1. The van der Waals surface area contributed by atoms with Crippen molar-refractivity contribution >= 4 is 23.1 Å².